The van der Waals surface area contributed by atoms with Crippen LogP contribution in [-0.4, -0.2) is 55.2 Å². The average Bonchev–Trinajstić information content (AvgIpc) is 3.07. The van der Waals surface area contributed by atoms with Crippen molar-refractivity contribution in [1.29, 1.82) is 0 Å². The molecule has 1 saturated carbocycles. The Hall–Kier alpha value is -1.44. The molecule has 1 N–H and O–H groups in total. The monoisotopic (exact) mass is 421 g/mol. The zero-order valence-corrected chi connectivity index (χ0v) is 18.6. The number of carbonyl (C=O) groups excluding carboxylic acids is 1. The largest absolute Gasteiger partial charge is 0.325 e. The summed E-state index contributed by atoms with van der Waals surface area (Å²) in [5, 5.41) is 2.93. The fourth-order valence-electron chi connectivity index (χ4n) is 4.48. The number of amides is 1. The van der Waals surface area contributed by atoms with Crippen LogP contribution in [0.1, 0.15) is 65.2 Å². The molecule has 162 valence electrons. The molecule has 6 nitrogen and oxygen atoms in total. The molecule has 0 spiro atoms. The van der Waals surface area contributed by atoms with E-state index in [4.69, 9.17) is 0 Å². The van der Waals surface area contributed by atoms with Gasteiger partial charge >= 0.3 is 0 Å². The summed E-state index contributed by atoms with van der Waals surface area (Å²) in [5.41, 5.74) is 0.639. The van der Waals surface area contributed by atoms with Crippen LogP contribution in [0.2, 0.25) is 0 Å². The van der Waals surface area contributed by atoms with Gasteiger partial charge in [0.05, 0.1) is 11.4 Å². The quantitative estimate of drug-likeness (QED) is 0.726. The lowest BCUT2D eigenvalue weighted by atomic mass is 10.1. The van der Waals surface area contributed by atoms with Crippen molar-refractivity contribution in [2.24, 2.45) is 0 Å². The summed E-state index contributed by atoms with van der Waals surface area (Å²) in [4.78, 5) is 15.1. The first kappa shape index (κ1) is 22.2. The Bertz CT molecular complexity index is 763. The minimum absolute atomic E-state index is 0.0475. The lowest BCUT2D eigenvalue weighted by Gasteiger charge is -2.31. The van der Waals surface area contributed by atoms with Crippen molar-refractivity contribution < 1.29 is 13.2 Å². The van der Waals surface area contributed by atoms with Crippen LogP contribution in [0.5, 0.6) is 0 Å². The number of sulfonamides is 1. The highest BCUT2D eigenvalue weighted by Crippen LogP contribution is 2.25. The van der Waals surface area contributed by atoms with Crippen LogP contribution in [0.4, 0.5) is 5.69 Å². The molecule has 0 bridgehead atoms. The van der Waals surface area contributed by atoms with E-state index in [-0.39, 0.29) is 5.91 Å². The maximum Gasteiger partial charge on any atom is 0.243 e. The van der Waals surface area contributed by atoms with Gasteiger partial charge in [-0.05, 0) is 63.8 Å². The molecule has 0 atom stereocenters. The van der Waals surface area contributed by atoms with Crippen molar-refractivity contribution in [3.8, 4) is 0 Å². The molecule has 1 amide bonds. The van der Waals surface area contributed by atoms with Crippen molar-refractivity contribution >= 4 is 21.6 Å². The number of anilines is 1. The number of rotatable bonds is 7. The fraction of sp³-hybridized carbons (Fsp3) is 0.682. The molecule has 0 radical (unpaired) electrons. The minimum Gasteiger partial charge on any atom is -0.325 e. The molecular formula is C22H35N3O3S. The number of nitrogens with one attached hydrogen (secondary N) is 1. The Morgan fingerprint density at radius 2 is 1.62 bits per heavy atom. The SMILES string of the molecule is CC(C)N(CC(=O)Nc1ccc(S(=O)(=O)N2CCCCCC2)cc1)C1CCCC1. The van der Waals surface area contributed by atoms with Crippen molar-refractivity contribution in [3.63, 3.8) is 0 Å². The zero-order valence-electron chi connectivity index (χ0n) is 17.8. The number of benzene rings is 1. The van der Waals surface area contributed by atoms with Crippen LogP contribution in [0.25, 0.3) is 0 Å². The maximum absolute atomic E-state index is 12.9. The van der Waals surface area contributed by atoms with Gasteiger partial charge in [-0.15, -0.1) is 0 Å². The van der Waals surface area contributed by atoms with E-state index in [9.17, 15) is 13.2 Å². The Kier molecular flexibility index (Phi) is 7.71. The third kappa shape index (κ3) is 5.80. The Labute approximate surface area is 175 Å². The molecule has 29 heavy (non-hydrogen) atoms. The number of nitrogens with zero attached hydrogens (tertiary/aromatic N) is 2. The van der Waals surface area contributed by atoms with Crippen LogP contribution in [-0.2, 0) is 14.8 Å². The molecule has 2 fully saturated rings. The van der Waals surface area contributed by atoms with E-state index in [2.05, 4.69) is 24.1 Å². The second-order valence-corrected chi connectivity index (χ2v) is 10.5. The lowest BCUT2D eigenvalue weighted by Crippen LogP contribution is -2.43. The molecular weight excluding hydrogens is 386 g/mol. The summed E-state index contributed by atoms with van der Waals surface area (Å²) in [6.07, 6.45) is 8.81. The third-order valence-corrected chi connectivity index (χ3v) is 8.04. The fourth-order valence-corrected chi connectivity index (χ4v) is 5.99. The second-order valence-electron chi connectivity index (χ2n) is 8.60. The molecule has 1 aliphatic heterocycles. The third-order valence-electron chi connectivity index (χ3n) is 6.12. The number of hydrogen-bond acceptors (Lipinski definition) is 4. The Balaban J connectivity index is 1.61. The summed E-state index contributed by atoms with van der Waals surface area (Å²) >= 11 is 0. The van der Waals surface area contributed by atoms with E-state index in [1.54, 1.807) is 28.6 Å². The smallest absolute Gasteiger partial charge is 0.243 e. The lowest BCUT2D eigenvalue weighted by molar-refractivity contribution is -0.118. The molecule has 3 rings (SSSR count). The molecule has 1 heterocycles. The topological polar surface area (TPSA) is 69.7 Å². The van der Waals surface area contributed by atoms with Gasteiger partial charge in [-0.2, -0.15) is 4.31 Å². The predicted molar refractivity (Wildman–Crippen MR) is 116 cm³/mol. The minimum atomic E-state index is -3.46. The van der Waals surface area contributed by atoms with E-state index in [1.165, 1.54) is 12.8 Å². The van der Waals surface area contributed by atoms with Gasteiger partial charge in [0.1, 0.15) is 0 Å². The van der Waals surface area contributed by atoms with Crippen molar-refractivity contribution in [3.05, 3.63) is 24.3 Å². The molecule has 1 aromatic rings. The zero-order chi connectivity index (χ0) is 20.9. The molecule has 7 heteroatoms. The van der Waals surface area contributed by atoms with Crippen LogP contribution in [0.3, 0.4) is 0 Å². The van der Waals surface area contributed by atoms with Gasteiger partial charge in [0.2, 0.25) is 15.9 Å². The molecule has 1 aliphatic carbocycles. The predicted octanol–water partition coefficient (Wildman–Crippen LogP) is 3.84. The molecule has 0 unspecified atom stereocenters. The van der Waals surface area contributed by atoms with Gasteiger partial charge in [-0.3, -0.25) is 9.69 Å². The van der Waals surface area contributed by atoms with Gasteiger partial charge in [-0.25, -0.2) is 8.42 Å². The van der Waals surface area contributed by atoms with E-state index in [1.807, 2.05) is 0 Å². The standard InChI is InChI=1S/C22H35N3O3S/c1-18(2)25(20-9-5-6-10-20)17-22(26)23-19-11-13-21(14-12-19)29(27,28)24-15-7-3-4-8-16-24/h11-14,18,20H,3-10,15-17H2,1-2H3,(H,23,26). The Morgan fingerprint density at radius 3 is 2.17 bits per heavy atom. The summed E-state index contributed by atoms with van der Waals surface area (Å²) in [7, 11) is -3.46. The van der Waals surface area contributed by atoms with Gasteiger partial charge in [0, 0.05) is 30.9 Å². The van der Waals surface area contributed by atoms with E-state index in [0.29, 0.717) is 42.3 Å². The summed E-state index contributed by atoms with van der Waals surface area (Å²) < 4.78 is 27.3. The summed E-state index contributed by atoms with van der Waals surface area (Å²) in [6.45, 7) is 5.82. The number of carbonyl (C=O) groups is 1. The van der Waals surface area contributed by atoms with Crippen LogP contribution in [0.15, 0.2) is 29.2 Å². The normalized spacial score (nSPS) is 19.6. The van der Waals surface area contributed by atoms with Gasteiger partial charge in [0.25, 0.3) is 0 Å². The van der Waals surface area contributed by atoms with E-state index >= 15 is 0 Å². The Morgan fingerprint density at radius 1 is 1.03 bits per heavy atom. The highest BCUT2D eigenvalue weighted by molar-refractivity contribution is 7.89. The van der Waals surface area contributed by atoms with E-state index < -0.39 is 10.0 Å². The van der Waals surface area contributed by atoms with Crippen molar-refractivity contribution in [1.82, 2.24) is 9.21 Å². The van der Waals surface area contributed by atoms with Gasteiger partial charge in [-0.1, -0.05) is 25.7 Å². The van der Waals surface area contributed by atoms with Gasteiger partial charge in [0.15, 0.2) is 0 Å². The summed E-state index contributed by atoms with van der Waals surface area (Å²) in [6, 6.07) is 7.41. The second kappa shape index (κ2) is 10.0. The van der Waals surface area contributed by atoms with Crippen molar-refractivity contribution in [2.45, 2.75) is 82.2 Å². The number of hydrogen-bond donors (Lipinski definition) is 1. The van der Waals surface area contributed by atoms with E-state index in [0.717, 1.165) is 38.5 Å². The molecule has 2 aliphatic rings. The first-order valence-electron chi connectivity index (χ1n) is 11.0. The molecule has 1 aromatic carbocycles. The first-order valence-corrected chi connectivity index (χ1v) is 12.5. The molecule has 1 saturated heterocycles. The first-order chi connectivity index (χ1) is 13.9. The highest BCUT2D eigenvalue weighted by atomic mass is 32.2. The van der Waals surface area contributed by atoms with Crippen LogP contribution in [0, 0.1) is 0 Å². The van der Waals surface area contributed by atoms with Crippen LogP contribution >= 0.6 is 0 Å². The molecule has 0 aromatic heterocycles. The van der Waals surface area contributed by atoms with Crippen LogP contribution < -0.4 is 5.32 Å². The summed E-state index contributed by atoms with van der Waals surface area (Å²) in [5.74, 6) is -0.0475. The maximum atomic E-state index is 12.9. The van der Waals surface area contributed by atoms with Crippen molar-refractivity contribution in [2.75, 3.05) is 25.0 Å². The average molecular weight is 422 g/mol. The highest BCUT2D eigenvalue weighted by Gasteiger charge is 2.27. The van der Waals surface area contributed by atoms with Gasteiger partial charge < -0.3 is 5.32 Å².